The van der Waals surface area contributed by atoms with Gasteiger partial charge in [0.25, 0.3) is 11.6 Å². The summed E-state index contributed by atoms with van der Waals surface area (Å²) in [6.07, 6.45) is 4.01. The Morgan fingerprint density at radius 1 is 1.22 bits per heavy atom. The average molecular weight is 362 g/mol. The average Bonchev–Trinajstić information content (AvgIpc) is 3.26. The first-order chi connectivity index (χ1) is 13.0. The van der Waals surface area contributed by atoms with Crippen LogP contribution in [0.4, 0.5) is 11.4 Å². The number of carbonyl (C=O) groups excluding carboxylic acids is 1. The summed E-state index contributed by atoms with van der Waals surface area (Å²) >= 11 is 0. The lowest BCUT2D eigenvalue weighted by atomic mass is 10.1. The molecule has 1 amide bonds. The first-order valence-electron chi connectivity index (χ1n) is 8.74. The molecule has 0 atom stereocenters. The number of nitro groups is 1. The molecule has 0 spiro atoms. The number of carbonyl (C=O) groups is 1. The Hall–Kier alpha value is -3.48. The number of aryl methyl sites for hydroxylation is 2. The summed E-state index contributed by atoms with van der Waals surface area (Å²) in [5.74, 6) is 0.736. The zero-order valence-electron chi connectivity index (χ0n) is 14.8. The fraction of sp³-hybridized carbons (Fsp3) is 0.200. The van der Waals surface area contributed by atoms with Gasteiger partial charge in [-0.3, -0.25) is 14.9 Å². The minimum Gasteiger partial charge on any atom is -0.328 e. The summed E-state index contributed by atoms with van der Waals surface area (Å²) in [5, 5.41) is 13.8. The fourth-order valence-electron chi connectivity index (χ4n) is 3.36. The number of nitrogens with zero attached hydrogens (tertiary/aromatic N) is 3. The standard InChI is InChI=1S/C20H18N4O3/c1-13-4-5-15(11-17(13)24(26)27)20(25)22-16-8-6-14(7-9-16)18-12-21-19-3-2-10-23(18)19/h4-9,11-12H,2-3,10H2,1H3,(H,22,25). The molecule has 0 fully saturated rings. The normalized spacial score (nSPS) is 12.6. The molecular weight excluding hydrogens is 344 g/mol. The zero-order chi connectivity index (χ0) is 19.0. The van der Waals surface area contributed by atoms with Crippen LogP contribution < -0.4 is 5.32 Å². The van der Waals surface area contributed by atoms with Gasteiger partial charge in [0.1, 0.15) is 5.82 Å². The fourth-order valence-corrected chi connectivity index (χ4v) is 3.36. The molecule has 2 heterocycles. The number of amides is 1. The number of anilines is 1. The van der Waals surface area contributed by atoms with Gasteiger partial charge >= 0.3 is 0 Å². The molecule has 1 aliphatic heterocycles. The number of nitro benzene ring substituents is 1. The first-order valence-corrected chi connectivity index (χ1v) is 8.74. The van der Waals surface area contributed by atoms with Crippen molar-refractivity contribution in [3.05, 3.63) is 75.7 Å². The number of imidazole rings is 1. The molecule has 0 saturated carbocycles. The molecule has 1 N–H and O–H groups in total. The van der Waals surface area contributed by atoms with Gasteiger partial charge in [0.15, 0.2) is 0 Å². The summed E-state index contributed by atoms with van der Waals surface area (Å²) < 4.78 is 2.22. The molecule has 136 valence electrons. The molecule has 0 aliphatic carbocycles. The van der Waals surface area contributed by atoms with Gasteiger partial charge in [0.05, 0.1) is 16.8 Å². The highest BCUT2D eigenvalue weighted by atomic mass is 16.6. The molecule has 0 saturated heterocycles. The van der Waals surface area contributed by atoms with Crippen molar-refractivity contribution in [1.82, 2.24) is 9.55 Å². The van der Waals surface area contributed by atoms with Gasteiger partial charge in [-0.1, -0.05) is 18.2 Å². The van der Waals surface area contributed by atoms with Crippen molar-refractivity contribution in [3.8, 4) is 11.3 Å². The van der Waals surface area contributed by atoms with Crippen molar-refractivity contribution in [3.63, 3.8) is 0 Å². The van der Waals surface area contributed by atoms with Crippen LogP contribution in [0.1, 0.15) is 28.2 Å². The van der Waals surface area contributed by atoms with Crippen LogP contribution in [0.3, 0.4) is 0 Å². The zero-order valence-corrected chi connectivity index (χ0v) is 14.8. The number of rotatable bonds is 4. The first kappa shape index (κ1) is 17.0. The van der Waals surface area contributed by atoms with Crippen LogP contribution in [-0.4, -0.2) is 20.4 Å². The second-order valence-corrected chi connectivity index (χ2v) is 6.60. The van der Waals surface area contributed by atoms with Crippen molar-refractivity contribution in [2.24, 2.45) is 0 Å². The molecule has 1 aromatic heterocycles. The summed E-state index contributed by atoms with van der Waals surface area (Å²) in [6.45, 7) is 2.63. The molecule has 0 radical (unpaired) electrons. The van der Waals surface area contributed by atoms with Gasteiger partial charge in [-0.05, 0) is 37.1 Å². The van der Waals surface area contributed by atoms with E-state index in [2.05, 4.69) is 14.9 Å². The number of hydrogen-bond acceptors (Lipinski definition) is 4. The molecule has 27 heavy (non-hydrogen) atoms. The van der Waals surface area contributed by atoms with E-state index in [4.69, 9.17) is 0 Å². The second kappa shape index (κ2) is 6.68. The Kier molecular flexibility index (Phi) is 4.19. The van der Waals surface area contributed by atoms with Gasteiger partial charge in [0.2, 0.25) is 0 Å². The number of nitrogens with one attached hydrogen (secondary N) is 1. The number of aromatic nitrogens is 2. The molecular formula is C20H18N4O3. The van der Waals surface area contributed by atoms with Gasteiger partial charge in [0, 0.05) is 35.8 Å². The van der Waals surface area contributed by atoms with Gasteiger partial charge in [-0.2, -0.15) is 0 Å². The topological polar surface area (TPSA) is 90.1 Å². The van der Waals surface area contributed by atoms with Crippen molar-refractivity contribution in [2.75, 3.05) is 5.32 Å². The maximum atomic E-state index is 12.4. The number of benzene rings is 2. The molecule has 0 bridgehead atoms. The second-order valence-electron chi connectivity index (χ2n) is 6.60. The lowest BCUT2D eigenvalue weighted by Gasteiger charge is -2.08. The van der Waals surface area contributed by atoms with Crippen molar-refractivity contribution in [2.45, 2.75) is 26.3 Å². The van der Waals surface area contributed by atoms with E-state index in [-0.39, 0.29) is 17.2 Å². The SMILES string of the molecule is Cc1ccc(C(=O)Nc2ccc(-c3cnc4n3CCC4)cc2)cc1[N+](=O)[O-]. The van der Waals surface area contributed by atoms with Crippen molar-refractivity contribution in [1.29, 1.82) is 0 Å². The molecule has 4 rings (SSSR count). The van der Waals surface area contributed by atoms with E-state index in [1.54, 1.807) is 19.1 Å². The lowest BCUT2D eigenvalue weighted by molar-refractivity contribution is -0.385. The van der Waals surface area contributed by atoms with E-state index >= 15 is 0 Å². The molecule has 3 aromatic rings. The van der Waals surface area contributed by atoms with Gasteiger partial charge in [-0.25, -0.2) is 4.98 Å². The predicted molar refractivity (Wildman–Crippen MR) is 102 cm³/mol. The van der Waals surface area contributed by atoms with Crippen LogP contribution in [0.25, 0.3) is 11.3 Å². The monoisotopic (exact) mass is 362 g/mol. The van der Waals surface area contributed by atoms with Crippen LogP contribution in [0.2, 0.25) is 0 Å². The van der Waals surface area contributed by atoms with Crippen LogP contribution >= 0.6 is 0 Å². The Labute approximate surface area is 155 Å². The molecule has 2 aromatic carbocycles. The Morgan fingerprint density at radius 3 is 2.74 bits per heavy atom. The van der Waals surface area contributed by atoms with Crippen molar-refractivity contribution >= 4 is 17.3 Å². The van der Waals surface area contributed by atoms with Crippen LogP contribution in [0, 0.1) is 17.0 Å². The Balaban J connectivity index is 1.52. The smallest absolute Gasteiger partial charge is 0.273 e. The number of fused-ring (bicyclic) bond motifs is 1. The maximum absolute atomic E-state index is 12.4. The highest BCUT2D eigenvalue weighted by Crippen LogP contribution is 2.27. The van der Waals surface area contributed by atoms with E-state index in [9.17, 15) is 14.9 Å². The van der Waals surface area contributed by atoms with Crippen LogP contribution in [0.15, 0.2) is 48.7 Å². The van der Waals surface area contributed by atoms with E-state index in [0.29, 0.717) is 11.3 Å². The minimum absolute atomic E-state index is 0.0624. The van der Waals surface area contributed by atoms with Gasteiger partial charge < -0.3 is 9.88 Å². The molecule has 7 heteroatoms. The van der Waals surface area contributed by atoms with Gasteiger partial charge in [-0.15, -0.1) is 0 Å². The molecule has 0 unspecified atom stereocenters. The third-order valence-corrected chi connectivity index (χ3v) is 4.83. The summed E-state index contributed by atoms with van der Waals surface area (Å²) in [5.41, 5.74) is 3.47. The Bertz CT molecular complexity index is 1040. The quantitative estimate of drug-likeness (QED) is 0.562. The highest BCUT2D eigenvalue weighted by Gasteiger charge is 2.17. The van der Waals surface area contributed by atoms with Crippen LogP contribution in [0.5, 0.6) is 0 Å². The minimum atomic E-state index is -0.481. The van der Waals surface area contributed by atoms with E-state index < -0.39 is 4.92 Å². The van der Waals surface area contributed by atoms with Crippen LogP contribution in [-0.2, 0) is 13.0 Å². The third kappa shape index (κ3) is 3.19. The molecule has 7 nitrogen and oxygen atoms in total. The third-order valence-electron chi connectivity index (χ3n) is 4.83. The van der Waals surface area contributed by atoms with E-state index in [0.717, 1.165) is 36.5 Å². The predicted octanol–water partition coefficient (Wildman–Crippen LogP) is 3.97. The summed E-state index contributed by atoms with van der Waals surface area (Å²) in [6, 6.07) is 12.0. The Morgan fingerprint density at radius 2 is 2.00 bits per heavy atom. The maximum Gasteiger partial charge on any atom is 0.273 e. The largest absolute Gasteiger partial charge is 0.328 e. The highest BCUT2D eigenvalue weighted by molar-refractivity contribution is 6.04. The van der Waals surface area contributed by atoms with E-state index in [1.807, 2.05) is 30.5 Å². The summed E-state index contributed by atoms with van der Waals surface area (Å²) in [4.78, 5) is 27.4. The van der Waals surface area contributed by atoms with Crippen molar-refractivity contribution < 1.29 is 9.72 Å². The number of hydrogen-bond donors (Lipinski definition) is 1. The summed E-state index contributed by atoms with van der Waals surface area (Å²) in [7, 11) is 0. The van der Waals surface area contributed by atoms with E-state index in [1.165, 1.54) is 6.07 Å². The lowest BCUT2D eigenvalue weighted by Crippen LogP contribution is -2.12. The molecule has 1 aliphatic rings.